The molecule has 2 fully saturated rings. The van der Waals surface area contributed by atoms with Gasteiger partial charge in [0, 0.05) is 11.6 Å². The third-order valence-corrected chi connectivity index (χ3v) is 3.09. The van der Waals surface area contributed by atoms with Crippen molar-refractivity contribution in [3.63, 3.8) is 0 Å². The fraction of sp³-hybridized carbons (Fsp3) is 1.00. The van der Waals surface area contributed by atoms with Gasteiger partial charge in [-0.25, -0.2) is 0 Å². The highest BCUT2D eigenvalue weighted by atomic mass is 15.0. The molecular weight excluding hydrogens is 134 g/mol. The van der Waals surface area contributed by atoms with Gasteiger partial charge < -0.3 is 5.32 Å². The summed E-state index contributed by atoms with van der Waals surface area (Å²) in [6.07, 6.45) is 10.0. The Bertz CT molecular complexity index is 132. The summed E-state index contributed by atoms with van der Waals surface area (Å²) < 4.78 is 0. The molecule has 0 atom stereocenters. The molecule has 0 aromatic rings. The Morgan fingerprint density at radius 2 is 1.73 bits per heavy atom. The molecule has 2 rings (SSSR count). The lowest BCUT2D eigenvalue weighted by atomic mass is 9.83. The van der Waals surface area contributed by atoms with E-state index in [-0.39, 0.29) is 0 Å². The summed E-state index contributed by atoms with van der Waals surface area (Å²) in [5, 5.41) is 3.77. The Kier molecular flexibility index (Phi) is 1.92. The van der Waals surface area contributed by atoms with Crippen LogP contribution in [0.4, 0.5) is 0 Å². The maximum Gasteiger partial charge on any atom is 0.0155 e. The first kappa shape index (κ1) is 7.60. The number of nitrogens with one attached hydrogen (secondary N) is 1. The van der Waals surface area contributed by atoms with Crippen molar-refractivity contribution < 1.29 is 0 Å². The van der Waals surface area contributed by atoms with E-state index >= 15 is 0 Å². The van der Waals surface area contributed by atoms with E-state index in [4.69, 9.17) is 0 Å². The summed E-state index contributed by atoms with van der Waals surface area (Å²) in [6.45, 7) is 2.41. The second-order valence-corrected chi connectivity index (χ2v) is 4.54. The summed E-state index contributed by atoms with van der Waals surface area (Å²) in [7, 11) is 0. The van der Waals surface area contributed by atoms with Crippen LogP contribution in [0.2, 0.25) is 0 Å². The van der Waals surface area contributed by atoms with Crippen molar-refractivity contribution in [1.29, 1.82) is 0 Å². The van der Waals surface area contributed by atoms with Gasteiger partial charge in [0.25, 0.3) is 0 Å². The predicted molar refractivity (Wildman–Crippen MR) is 47.6 cm³/mol. The molecule has 2 saturated carbocycles. The average Bonchev–Trinajstić information content (AvgIpc) is 2.72. The minimum atomic E-state index is 0.513. The Morgan fingerprint density at radius 1 is 1.09 bits per heavy atom. The summed E-state index contributed by atoms with van der Waals surface area (Å²) in [5.41, 5.74) is 0.513. The van der Waals surface area contributed by atoms with Gasteiger partial charge in [0.15, 0.2) is 0 Å². The average molecular weight is 153 g/mol. The molecule has 1 heteroatoms. The highest BCUT2D eigenvalue weighted by molar-refractivity contribution is 4.93. The fourth-order valence-electron chi connectivity index (χ4n) is 2.20. The summed E-state index contributed by atoms with van der Waals surface area (Å²) in [4.78, 5) is 0. The van der Waals surface area contributed by atoms with Crippen molar-refractivity contribution in [3.8, 4) is 0 Å². The third-order valence-electron chi connectivity index (χ3n) is 3.09. The fourth-order valence-corrected chi connectivity index (χ4v) is 2.20. The Morgan fingerprint density at radius 3 is 2.27 bits per heavy atom. The van der Waals surface area contributed by atoms with Crippen LogP contribution in [-0.2, 0) is 0 Å². The normalized spacial score (nSPS) is 30.3. The van der Waals surface area contributed by atoms with E-state index < -0.39 is 0 Å². The zero-order chi connectivity index (χ0) is 7.73. The lowest BCUT2D eigenvalue weighted by Crippen LogP contribution is -2.44. The van der Waals surface area contributed by atoms with Gasteiger partial charge in [-0.3, -0.25) is 0 Å². The van der Waals surface area contributed by atoms with E-state index in [1.54, 1.807) is 0 Å². The van der Waals surface area contributed by atoms with Crippen molar-refractivity contribution in [2.75, 3.05) is 0 Å². The third kappa shape index (κ3) is 1.96. The highest BCUT2D eigenvalue weighted by Gasteiger charge is 2.32. The van der Waals surface area contributed by atoms with Crippen LogP contribution in [0.3, 0.4) is 0 Å². The molecule has 0 unspecified atom stereocenters. The molecule has 0 aromatic carbocycles. The van der Waals surface area contributed by atoms with E-state index in [1.165, 1.54) is 44.9 Å². The summed E-state index contributed by atoms with van der Waals surface area (Å²) in [5.74, 6) is 0. The Balaban J connectivity index is 1.84. The van der Waals surface area contributed by atoms with Gasteiger partial charge in [-0.1, -0.05) is 19.3 Å². The molecule has 0 radical (unpaired) electrons. The molecule has 0 bridgehead atoms. The Labute approximate surface area is 69.6 Å². The van der Waals surface area contributed by atoms with Gasteiger partial charge >= 0.3 is 0 Å². The second-order valence-electron chi connectivity index (χ2n) is 4.54. The molecule has 0 spiro atoms. The summed E-state index contributed by atoms with van der Waals surface area (Å²) in [6, 6.07) is 0.887. The van der Waals surface area contributed by atoms with Crippen LogP contribution >= 0.6 is 0 Å². The van der Waals surface area contributed by atoms with Crippen LogP contribution in [-0.4, -0.2) is 11.6 Å². The molecule has 2 aliphatic carbocycles. The first-order valence-electron chi connectivity index (χ1n) is 5.06. The van der Waals surface area contributed by atoms with Gasteiger partial charge in [0.05, 0.1) is 0 Å². The second kappa shape index (κ2) is 2.78. The number of rotatable bonds is 2. The maximum atomic E-state index is 3.77. The monoisotopic (exact) mass is 153 g/mol. The first-order valence-corrected chi connectivity index (χ1v) is 5.06. The van der Waals surface area contributed by atoms with Gasteiger partial charge in [-0.05, 0) is 32.6 Å². The zero-order valence-corrected chi connectivity index (χ0v) is 7.53. The van der Waals surface area contributed by atoms with E-state index in [2.05, 4.69) is 12.2 Å². The maximum absolute atomic E-state index is 3.77. The van der Waals surface area contributed by atoms with Crippen LogP contribution in [0.25, 0.3) is 0 Å². The quantitative estimate of drug-likeness (QED) is 0.642. The minimum Gasteiger partial charge on any atom is -0.309 e. The van der Waals surface area contributed by atoms with Gasteiger partial charge in [-0.2, -0.15) is 0 Å². The van der Waals surface area contributed by atoms with Gasteiger partial charge in [0.2, 0.25) is 0 Å². The SMILES string of the molecule is CC1(NC2CC2)CCCCC1. The Hall–Kier alpha value is -0.0400. The largest absolute Gasteiger partial charge is 0.309 e. The van der Waals surface area contributed by atoms with Crippen molar-refractivity contribution in [1.82, 2.24) is 5.32 Å². The van der Waals surface area contributed by atoms with E-state index in [0.29, 0.717) is 5.54 Å². The lowest BCUT2D eigenvalue weighted by molar-refractivity contribution is 0.252. The molecule has 0 amide bonds. The molecule has 64 valence electrons. The number of hydrogen-bond donors (Lipinski definition) is 1. The molecule has 1 nitrogen and oxygen atoms in total. The molecule has 1 N–H and O–H groups in total. The van der Waals surface area contributed by atoms with E-state index in [1.807, 2.05) is 0 Å². The van der Waals surface area contributed by atoms with Crippen LogP contribution < -0.4 is 5.32 Å². The highest BCUT2D eigenvalue weighted by Crippen LogP contribution is 2.31. The minimum absolute atomic E-state index is 0.513. The molecule has 2 aliphatic rings. The lowest BCUT2D eigenvalue weighted by Gasteiger charge is -2.34. The molecule has 11 heavy (non-hydrogen) atoms. The topological polar surface area (TPSA) is 12.0 Å². The van der Waals surface area contributed by atoms with Crippen LogP contribution in [0, 0.1) is 0 Å². The van der Waals surface area contributed by atoms with E-state index in [0.717, 1.165) is 6.04 Å². The molecule has 0 heterocycles. The first-order chi connectivity index (χ1) is 5.29. The molecular formula is C10H19N. The van der Waals surface area contributed by atoms with Crippen LogP contribution in [0.5, 0.6) is 0 Å². The van der Waals surface area contributed by atoms with Crippen LogP contribution in [0.15, 0.2) is 0 Å². The van der Waals surface area contributed by atoms with Gasteiger partial charge in [0.1, 0.15) is 0 Å². The molecule has 0 saturated heterocycles. The van der Waals surface area contributed by atoms with Gasteiger partial charge in [-0.15, -0.1) is 0 Å². The number of hydrogen-bond acceptors (Lipinski definition) is 1. The smallest absolute Gasteiger partial charge is 0.0155 e. The zero-order valence-electron chi connectivity index (χ0n) is 7.53. The predicted octanol–water partition coefficient (Wildman–Crippen LogP) is 2.46. The molecule has 0 aromatic heterocycles. The van der Waals surface area contributed by atoms with Crippen molar-refractivity contribution in [2.24, 2.45) is 0 Å². The van der Waals surface area contributed by atoms with Crippen molar-refractivity contribution in [3.05, 3.63) is 0 Å². The van der Waals surface area contributed by atoms with Crippen LogP contribution in [0.1, 0.15) is 51.9 Å². The molecule has 0 aliphatic heterocycles. The summed E-state index contributed by atoms with van der Waals surface area (Å²) >= 11 is 0. The standard InChI is InChI=1S/C10H19N/c1-10(11-9-5-6-9)7-3-2-4-8-10/h9,11H,2-8H2,1H3. The van der Waals surface area contributed by atoms with Crippen molar-refractivity contribution >= 4 is 0 Å². The van der Waals surface area contributed by atoms with E-state index in [9.17, 15) is 0 Å². The van der Waals surface area contributed by atoms with Crippen molar-refractivity contribution in [2.45, 2.75) is 63.5 Å².